The molecule has 3 nitrogen and oxygen atoms in total. The van der Waals surface area contributed by atoms with Gasteiger partial charge in [0.15, 0.2) is 5.76 Å². The normalized spacial score (nSPS) is 10.4. The third-order valence-electron chi connectivity index (χ3n) is 2.28. The maximum atomic E-state index is 11.6. The van der Waals surface area contributed by atoms with Gasteiger partial charge in [-0.15, -0.1) is 11.3 Å². The quantitative estimate of drug-likeness (QED) is 0.767. The number of hydrogen-bond acceptors (Lipinski definition) is 4. The summed E-state index contributed by atoms with van der Waals surface area (Å²) >= 11 is 1.54. The van der Waals surface area contributed by atoms with E-state index >= 15 is 0 Å². The molecule has 0 aliphatic heterocycles. The van der Waals surface area contributed by atoms with Crippen molar-refractivity contribution >= 4 is 17.3 Å². The van der Waals surface area contributed by atoms with Gasteiger partial charge in [0.2, 0.25) is 0 Å². The minimum absolute atomic E-state index is 0.355. The highest BCUT2D eigenvalue weighted by molar-refractivity contribution is 7.13. The minimum Gasteiger partial charge on any atom is -0.465 e. The molecule has 0 saturated carbocycles. The lowest BCUT2D eigenvalue weighted by Crippen LogP contribution is -2.00. The molecule has 0 aromatic carbocycles. The van der Waals surface area contributed by atoms with Crippen LogP contribution in [0.15, 0.2) is 28.0 Å². The maximum Gasteiger partial charge on any atom is 0.341 e. The number of thiophene rings is 1. The molecule has 0 amide bonds. The number of furan rings is 1. The number of carbonyl (C=O) groups excluding carboxylic acids is 1. The van der Waals surface area contributed by atoms with E-state index in [1.54, 1.807) is 17.4 Å². The molecule has 84 valence electrons. The summed E-state index contributed by atoms with van der Waals surface area (Å²) < 4.78 is 10.4. The van der Waals surface area contributed by atoms with Crippen LogP contribution in [0.3, 0.4) is 0 Å². The molecule has 0 atom stereocenters. The van der Waals surface area contributed by atoms with E-state index < -0.39 is 0 Å². The lowest BCUT2D eigenvalue weighted by molar-refractivity contribution is 0.0601. The van der Waals surface area contributed by atoms with E-state index in [0.717, 1.165) is 17.1 Å². The largest absolute Gasteiger partial charge is 0.465 e. The third-order valence-corrected chi connectivity index (χ3v) is 3.15. The van der Waals surface area contributed by atoms with Gasteiger partial charge in [-0.3, -0.25) is 0 Å². The van der Waals surface area contributed by atoms with E-state index in [2.05, 4.69) is 0 Å². The fourth-order valence-corrected chi connectivity index (χ4v) is 2.19. The van der Waals surface area contributed by atoms with Crippen LogP contribution in [0.1, 0.15) is 23.0 Å². The number of hydrogen-bond donors (Lipinski definition) is 0. The SMILES string of the molecule is CCc1cc(C(=O)OC)c(-c2cccs2)o1. The van der Waals surface area contributed by atoms with Gasteiger partial charge in [-0.1, -0.05) is 13.0 Å². The predicted molar refractivity (Wildman–Crippen MR) is 62.7 cm³/mol. The number of aryl methyl sites for hydroxylation is 1. The molecule has 0 radical (unpaired) electrons. The molecule has 0 N–H and O–H groups in total. The number of ether oxygens (including phenoxy) is 1. The first kappa shape index (κ1) is 11.0. The van der Waals surface area contributed by atoms with Gasteiger partial charge in [0.1, 0.15) is 11.3 Å². The molecule has 2 aromatic heterocycles. The van der Waals surface area contributed by atoms with Crippen LogP contribution in [0.2, 0.25) is 0 Å². The average Bonchev–Trinajstić information content (AvgIpc) is 2.95. The van der Waals surface area contributed by atoms with Crippen LogP contribution in [0.25, 0.3) is 10.6 Å². The van der Waals surface area contributed by atoms with Crippen LogP contribution >= 0.6 is 11.3 Å². The fraction of sp³-hybridized carbons (Fsp3) is 0.250. The van der Waals surface area contributed by atoms with Crippen molar-refractivity contribution < 1.29 is 13.9 Å². The van der Waals surface area contributed by atoms with Crippen molar-refractivity contribution in [3.05, 3.63) is 34.9 Å². The Hall–Kier alpha value is -1.55. The van der Waals surface area contributed by atoms with Crippen LogP contribution < -0.4 is 0 Å². The Labute approximate surface area is 97.7 Å². The Morgan fingerprint density at radius 3 is 2.94 bits per heavy atom. The molecular weight excluding hydrogens is 224 g/mol. The molecule has 2 aromatic rings. The number of carbonyl (C=O) groups is 1. The summed E-state index contributed by atoms with van der Waals surface area (Å²) in [6.45, 7) is 1.98. The summed E-state index contributed by atoms with van der Waals surface area (Å²) in [5, 5.41) is 1.95. The molecule has 0 saturated heterocycles. The van der Waals surface area contributed by atoms with E-state index in [0.29, 0.717) is 11.3 Å². The summed E-state index contributed by atoms with van der Waals surface area (Å²) in [6.07, 6.45) is 0.759. The zero-order valence-electron chi connectivity index (χ0n) is 9.15. The van der Waals surface area contributed by atoms with Crippen molar-refractivity contribution in [2.75, 3.05) is 7.11 Å². The van der Waals surface area contributed by atoms with Crippen LogP contribution in [-0.4, -0.2) is 13.1 Å². The summed E-state index contributed by atoms with van der Waals surface area (Å²) in [5.41, 5.74) is 0.502. The molecule has 4 heteroatoms. The van der Waals surface area contributed by atoms with E-state index in [9.17, 15) is 4.79 Å². The number of esters is 1. The minimum atomic E-state index is -0.355. The zero-order chi connectivity index (χ0) is 11.5. The number of methoxy groups -OCH3 is 1. The van der Waals surface area contributed by atoms with Crippen LogP contribution in [0.5, 0.6) is 0 Å². The maximum absolute atomic E-state index is 11.6. The molecule has 0 spiro atoms. The van der Waals surface area contributed by atoms with Crippen molar-refractivity contribution in [2.45, 2.75) is 13.3 Å². The zero-order valence-corrected chi connectivity index (χ0v) is 9.97. The van der Waals surface area contributed by atoms with E-state index in [4.69, 9.17) is 9.15 Å². The van der Waals surface area contributed by atoms with Crippen molar-refractivity contribution in [1.29, 1.82) is 0 Å². The van der Waals surface area contributed by atoms with Crippen LogP contribution in [0.4, 0.5) is 0 Å². The summed E-state index contributed by atoms with van der Waals surface area (Å²) in [6, 6.07) is 5.60. The highest BCUT2D eigenvalue weighted by Gasteiger charge is 2.19. The summed E-state index contributed by atoms with van der Waals surface area (Å²) in [5.74, 6) is 1.05. The highest BCUT2D eigenvalue weighted by atomic mass is 32.1. The summed E-state index contributed by atoms with van der Waals surface area (Å²) in [7, 11) is 1.37. The van der Waals surface area contributed by atoms with Crippen molar-refractivity contribution in [3.8, 4) is 10.6 Å². The van der Waals surface area contributed by atoms with Crippen molar-refractivity contribution in [3.63, 3.8) is 0 Å². The Balaban J connectivity index is 2.50. The fourth-order valence-electron chi connectivity index (χ4n) is 1.47. The number of rotatable bonds is 3. The molecular formula is C12H12O3S. The first-order chi connectivity index (χ1) is 7.76. The highest BCUT2D eigenvalue weighted by Crippen LogP contribution is 2.31. The van der Waals surface area contributed by atoms with Gasteiger partial charge in [0.25, 0.3) is 0 Å². The van der Waals surface area contributed by atoms with Gasteiger partial charge in [-0.05, 0) is 17.5 Å². The smallest absolute Gasteiger partial charge is 0.341 e. The van der Waals surface area contributed by atoms with Crippen molar-refractivity contribution in [1.82, 2.24) is 0 Å². The van der Waals surface area contributed by atoms with Crippen molar-refractivity contribution in [2.24, 2.45) is 0 Å². The lowest BCUT2D eigenvalue weighted by Gasteiger charge is -1.97. The first-order valence-electron chi connectivity index (χ1n) is 5.01. The van der Waals surface area contributed by atoms with E-state index in [1.807, 2.05) is 24.4 Å². The van der Waals surface area contributed by atoms with Gasteiger partial charge in [-0.25, -0.2) is 4.79 Å². The second kappa shape index (κ2) is 4.53. The predicted octanol–water partition coefficient (Wildman–Crippen LogP) is 3.36. The van der Waals surface area contributed by atoms with Gasteiger partial charge in [-0.2, -0.15) is 0 Å². The molecule has 2 heterocycles. The molecule has 0 unspecified atom stereocenters. The Bertz CT molecular complexity index is 482. The summed E-state index contributed by atoms with van der Waals surface area (Å²) in [4.78, 5) is 12.5. The monoisotopic (exact) mass is 236 g/mol. The molecule has 0 aliphatic carbocycles. The molecule has 0 bridgehead atoms. The second-order valence-electron chi connectivity index (χ2n) is 3.28. The van der Waals surface area contributed by atoms with Gasteiger partial charge >= 0.3 is 5.97 Å². The topological polar surface area (TPSA) is 39.4 Å². The van der Waals surface area contributed by atoms with E-state index in [-0.39, 0.29) is 5.97 Å². The van der Waals surface area contributed by atoms with Crippen LogP contribution in [-0.2, 0) is 11.2 Å². The Morgan fingerprint density at radius 2 is 2.38 bits per heavy atom. The molecule has 0 fully saturated rings. The van der Waals surface area contributed by atoms with Gasteiger partial charge in [0.05, 0.1) is 12.0 Å². The molecule has 2 rings (SSSR count). The van der Waals surface area contributed by atoms with Gasteiger partial charge < -0.3 is 9.15 Å². The lowest BCUT2D eigenvalue weighted by atomic mass is 10.2. The Kier molecular flexibility index (Phi) is 3.10. The molecule has 16 heavy (non-hydrogen) atoms. The third kappa shape index (κ3) is 1.88. The Morgan fingerprint density at radius 1 is 1.56 bits per heavy atom. The first-order valence-corrected chi connectivity index (χ1v) is 5.89. The van der Waals surface area contributed by atoms with Crippen LogP contribution in [0, 0.1) is 0 Å². The van der Waals surface area contributed by atoms with Gasteiger partial charge in [0, 0.05) is 6.42 Å². The second-order valence-corrected chi connectivity index (χ2v) is 4.23. The average molecular weight is 236 g/mol. The van der Waals surface area contributed by atoms with E-state index in [1.165, 1.54) is 7.11 Å². The standard InChI is InChI=1S/C12H12O3S/c1-3-8-7-9(12(13)14-2)11(15-8)10-5-4-6-16-10/h4-7H,3H2,1-2H3. The molecule has 0 aliphatic rings.